The number of benzene rings is 1. The molecule has 10 heteroatoms. The van der Waals surface area contributed by atoms with Crippen LogP contribution in [0.2, 0.25) is 0 Å². The molecule has 0 fully saturated rings. The van der Waals surface area contributed by atoms with Crippen LogP contribution in [0.5, 0.6) is 11.5 Å². The van der Waals surface area contributed by atoms with Gasteiger partial charge in [0.2, 0.25) is 0 Å². The molecule has 0 aliphatic rings. The quantitative estimate of drug-likeness (QED) is 0.321. The normalized spacial score (nSPS) is 10.7. The van der Waals surface area contributed by atoms with Crippen molar-refractivity contribution in [3.8, 4) is 11.5 Å². The molecule has 1 aromatic rings. The van der Waals surface area contributed by atoms with Gasteiger partial charge in [0.25, 0.3) is 5.69 Å². The maximum Gasteiger partial charge on any atom is 0.329 e. The topological polar surface area (TPSA) is 146 Å². The summed E-state index contributed by atoms with van der Waals surface area (Å²) in [6.45, 7) is 4.08. The Balaban J connectivity index is 2.80. The minimum Gasteiger partial charge on any atom is -0.865 e. The van der Waals surface area contributed by atoms with Crippen LogP contribution >= 0.6 is 0 Å². The van der Waals surface area contributed by atoms with E-state index in [1.165, 1.54) is 13.2 Å². The fourth-order valence-corrected chi connectivity index (χ4v) is 1.56. The van der Waals surface area contributed by atoms with Gasteiger partial charge in [0.15, 0.2) is 0 Å². The van der Waals surface area contributed by atoms with Gasteiger partial charge >= 0.3 is 11.8 Å². The monoisotopic (exact) mass is 337 g/mol. The van der Waals surface area contributed by atoms with Crippen LogP contribution in [-0.4, -0.2) is 36.6 Å². The molecule has 0 saturated carbocycles. The molecule has 0 aliphatic heterocycles. The molecule has 0 radical (unpaired) electrons. The summed E-state index contributed by atoms with van der Waals surface area (Å²) < 4.78 is 4.77. The number of nitrogens with zero attached hydrogens (tertiary/aromatic N) is 2. The Morgan fingerprint density at radius 3 is 2.58 bits per heavy atom. The fraction of sp³-hybridized carbons (Fsp3) is 0.357. The first kappa shape index (κ1) is 18.9. The highest BCUT2D eigenvalue weighted by molar-refractivity contribution is 6.35. The van der Waals surface area contributed by atoms with E-state index in [1.54, 1.807) is 0 Å². The van der Waals surface area contributed by atoms with E-state index in [1.807, 2.05) is 19.3 Å². The molecule has 10 nitrogen and oxygen atoms in total. The number of hydrogen-bond donors (Lipinski definition) is 2. The van der Waals surface area contributed by atoms with Crippen molar-refractivity contribution >= 4 is 23.7 Å². The second-order valence-corrected chi connectivity index (χ2v) is 5.13. The van der Waals surface area contributed by atoms with Crippen LogP contribution in [0.15, 0.2) is 17.2 Å². The van der Waals surface area contributed by atoms with Crippen molar-refractivity contribution in [2.75, 3.05) is 13.7 Å². The van der Waals surface area contributed by atoms with E-state index in [2.05, 4.69) is 10.4 Å². The van der Waals surface area contributed by atoms with Gasteiger partial charge in [-0.05, 0) is 12.0 Å². The zero-order valence-corrected chi connectivity index (χ0v) is 13.4. The number of hydrazone groups is 1. The van der Waals surface area contributed by atoms with Crippen molar-refractivity contribution in [3.63, 3.8) is 0 Å². The minimum atomic E-state index is -0.978. The van der Waals surface area contributed by atoms with Gasteiger partial charge in [0.05, 0.1) is 18.2 Å². The largest absolute Gasteiger partial charge is 0.865 e. The number of hydrogen-bond acceptors (Lipinski definition) is 7. The Morgan fingerprint density at radius 2 is 2.04 bits per heavy atom. The zero-order chi connectivity index (χ0) is 18.3. The third-order valence-electron chi connectivity index (χ3n) is 2.73. The van der Waals surface area contributed by atoms with Crippen LogP contribution < -0.4 is 20.6 Å². The van der Waals surface area contributed by atoms with Crippen LogP contribution in [0.1, 0.15) is 19.4 Å². The molecule has 0 bridgehead atoms. The van der Waals surface area contributed by atoms with Gasteiger partial charge < -0.3 is 15.2 Å². The summed E-state index contributed by atoms with van der Waals surface area (Å²) in [5, 5.41) is 28.4. The number of carbonyl (C=O) groups is 2. The first-order valence-corrected chi connectivity index (χ1v) is 6.91. The molecule has 0 unspecified atom stereocenters. The molecule has 0 atom stereocenters. The lowest BCUT2D eigenvalue weighted by atomic mass is 10.2. The summed E-state index contributed by atoms with van der Waals surface area (Å²) in [7, 11) is 1.20. The van der Waals surface area contributed by atoms with E-state index in [0.717, 1.165) is 12.3 Å². The molecule has 0 spiro atoms. The van der Waals surface area contributed by atoms with Gasteiger partial charge in [0.1, 0.15) is 5.75 Å². The number of ether oxygens (including phenoxy) is 1. The molecule has 1 aromatic carbocycles. The molecule has 2 amide bonds. The highest BCUT2D eigenvalue weighted by Crippen LogP contribution is 2.33. The number of nitrogens with one attached hydrogen (secondary N) is 2. The van der Waals surface area contributed by atoms with E-state index in [4.69, 9.17) is 4.74 Å². The Hall–Kier alpha value is -3.17. The van der Waals surface area contributed by atoms with Crippen molar-refractivity contribution < 1.29 is 24.4 Å². The lowest BCUT2D eigenvalue weighted by molar-refractivity contribution is -0.398. The van der Waals surface area contributed by atoms with Gasteiger partial charge in [0, 0.05) is 23.9 Å². The molecule has 0 saturated heterocycles. The van der Waals surface area contributed by atoms with E-state index in [0.29, 0.717) is 6.54 Å². The lowest BCUT2D eigenvalue weighted by Gasteiger charge is -2.12. The minimum absolute atomic E-state index is 0.154. The Bertz CT molecular complexity index is 671. The zero-order valence-electron chi connectivity index (χ0n) is 13.4. The van der Waals surface area contributed by atoms with Crippen LogP contribution in [0.3, 0.4) is 0 Å². The first-order valence-electron chi connectivity index (χ1n) is 6.91. The van der Waals surface area contributed by atoms with Crippen LogP contribution in [0.25, 0.3) is 0 Å². The van der Waals surface area contributed by atoms with Crippen molar-refractivity contribution in [3.05, 3.63) is 27.8 Å². The number of nitro benzene ring substituents is 1. The highest BCUT2D eigenvalue weighted by atomic mass is 16.6. The molecule has 24 heavy (non-hydrogen) atoms. The van der Waals surface area contributed by atoms with Gasteiger partial charge in [-0.15, -0.1) is 0 Å². The van der Waals surface area contributed by atoms with Gasteiger partial charge in [-0.2, -0.15) is 5.10 Å². The third-order valence-corrected chi connectivity index (χ3v) is 2.73. The number of rotatable bonds is 6. The average Bonchev–Trinajstić information content (AvgIpc) is 2.53. The summed E-state index contributed by atoms with van der Waals surface area (Å²) >= 11 is 0. The molecule has 130 valence electrons. The molecule has 2 N–H and O–H groups in total. The lowest BCUT2D eigenvalue weighted by Crippen LogP contribution is -2.39. The Labute approximate surface area is 137 Å². The van der Waals surface area contributed by atoms with Crippen molar-refractivity contribution in [1.82, 2.24) is 10.7 Å². The highest BCUT2D eigenvalue weighted by Gasteiger charge is 2.14. The second-order valence-electron chi connectivity index (χ2n) is 5.13. The second kappa shape index (κ2) is 8.46. The molecule has 0 aliphatic carbocycles. The maximum atomic E-state index is 11.7. The number of carbonyl (C=O) groups excluding carboxylic acids is 2. The molecule has 0 heterocycles. The fourth-order valence-electron chi connectivity index (χ4n) is 1.56. The molecule has 1 rings (SSSR count). The van der Waals surface area contributed by atoms with Crippen molar-refractivity contribution in [2.45, 2.75) is 13.8 Å². The van der Waals surface area contributed by atoms with Crippen molar-refractivity contribution in [1.29, 1.82) is 0 Å². The summed E-state index contributed by atoms with van der Waals surface area (Å²) in [6.07, 6.45) is 1.06. The molecular weight excluding hydrogens is 320 g/mol. The number of nitro groups is 1. The van der Waals surface area contributed by atoms with Gasteiger partial charge in [-0.1, -0.05) is 13.8 Å². The van der Waals surface area contributed by atoms with Gasteiger partial charge in [-0.25, -0.2) is 5.43 Å². The summed E-state index contributed by atoms with van der Waals surface area (Å²) in [5.41, 5.74) is 1.46. The number of methoxy groups -OCH3 is 1. The van der Waals surface area contributed by atoms with E-state index < -0.39 is 28.2 Å². The van der Waals surface area contributed by atoms with E-state index in [-0.39, 0.29) is 17.2 Å². The molecule has 0 aromatic heterocycles. The van der Waals surface area contributed by atoms with Crippen LogP contribution in [0.4, 0.5) is 5.69 Å². The summed E-state index contributed by atoms with van der Waals surface area (Å²) in [6, 6.07) is 2.21. The maximum absolute atomic E-state index is 11.7. The number of amides is 2. The smallest absolute Gasteiger partial charge is 0.329 e. The third kappa shape index (κ3) is 5.23. The average molecular weight is 337 g/mol. The van der Waals surface area contributed by atoms with Crippen LogP contribution in [0, 0.1) is 16.0 Å². The van der Waals surface area contributed by atoms with E-state index in [9.17, 15) is 24.8 Å². The molecular formula is C14H17N4O6-. The first-order chi connectivity index (χ1) is 11.3. The summed E-state index contributed by atoms with van der Waals surface area (Å²) in [4.78, 5) is 32.9. The van der Waals surface area contributed by atoms with Crippen LogP contribution in [-0.2, 0) is 9.59 Å². The predicted molar refractivity (Wildman–Crippen MR) is 82.7 cm³/mol. The Kier molecular flexibility index (Phi) is 6.65. The predicted octanol–water partition coefficient (Wildman–Crippen LogP) is -0.101. The van der Waals surface area contributed by atoms with Crippen molar-refractivity contribution in [2.24, 2.45) is 11.0 Å². The SMILES string of the molecule is COc1cc(/C=N\NC(=O)C(=O)NCC(C)C)cc([N+](=O)[O-])c1[O-]. The van der Waals surface area contributed by atoms with E-state index >= 15 is 0 Å². The Morgan fingerprint density at radius 1 is 1.38 bits per heavy atom. The van der Waals surface area contributed by atoms with Gasteiger partial charge in [-0.3, -0.25) is 19.7 Å². The summed E-state index contributed by atoms with van der Waals surface area (Å²) in [5.74, 6) is -2.74. The standard InChI is InChI=1S/C14H18N4O6/c1-8(2)6-15-13(20)14(21)17-16-7-9-4-10(18(22)23)12(19)11(5-9)24-3/h4-5,7-8,19H,6H2,1-3H3,(H,15,20)(H,17,21)/p-1/b16-7-.